The first kappa shape index (κ1) is 21.2. The first-order chi connectivity index (χ1) is 12.7. The summed E-state index contributed by atoms with van der Waals surface area (Å²) in [5.74, 6) is -0.682. The molecule has 2 rings (SSSR count). The Kier molecular flexibility index (Phi) is 7.21. The van der Waals surface area contributed by atoms with Gasteiger partial charge in [-0.25, -0.2) is 12.8 Å². The lowest BCUT2D eigenvalue weighted by atomic mass is 10.1. The van der Waals surface area contributed by atoms with Gasteiger partial charge in [0, 0.05) is 11.6 Å². The van der Waals surface area contributed by atoms with Gasteiger partial charge in [-0.1, -0.05) is 23.7 Å². The van der Waals surface area contributed by atoms with Crippen LogP contribution in [-0.4, -0.2) is 33.2 Å². The second-order valence-electron chi connectivity index (χ2n) is 6.23. The normalized spacial score (nSPS) is 12.4. The molecule has 2 aromatic carbocycles. The van der Waals surface area contributed by atoms with Crippen LogP contribution in [0.2, 0.25) is 5.02 Å². The Bertz CT molecular complexity index is 871. The van der Waals surface area contributed by atoms with Gasteiger partial charge < -0.3 is 5.32 Å². The highest BCUT2D eigenvalue weighted by Gasteiger charge is 2.28. The van der Waals surface area contributed by atoms with E-state index in [2.05, 4.69) is 5.32 Å². The number of rotatable bonds is 8. The van der Waals surface area contributed by atoms with Crippen molar-refractivity contribution in [1.29, 1.82) is 0 Å². The van der Waals surface area contributed by atoms with Gasteiger partial charge in [-0.3, -0.25) is 9.10 Å². The van der Waals surface area contributed by atoms with Crippen LogP contribution < -0.4 is 9.62 Å². The average Bonchev–Trinajstić information content (AvgIpc) is 2.60. The van der Waals surface area contributed by atoms with E-state index >= 15 is 0 Å². The van der Waals surface area contributed by atoms with Crippen molar-refractivity contribution in [3.8, 4) is 0 Å². The molecule has 2 aromatic rings. The molecule has 1 atom stereocenters. The smallest absolute Gasteiger partial charge is 0.243 e. The standard InChI is InChI=1S/C19H22ClFN2O3S/c1-14(23(27(2,25)26)18-11-7-16(20)8-12-18)19(24)22-13-3-4-15-5-9-17(21)10-6-15/h5-12,14H,3-4,13H2,1-2H3,(H,22,24)/t14-/m0/s1. The summed E-state index contributed by atoms with van der Waals surface area (Å²) in [6.45, 7) is 1.92. The van der Waals surface area contributed by atoms with Gasteiger partial charge in [0.1, 0.15) is 11.9 Å². The van der Waals surface area contributed by atoms with E-state index in [-0.39, 0.29) is 5.82 Å². The number of benzene rings is 2. The third kappa shape index (κ3) is 6.22. The molecule has 5 nitrogen and oxygen atoms in total. The number of hydrogen-bond acceptors (Lipinski definition) is 3. The molecule has 27 heavy (non-hydrogen) atoms. The number of carbonyl (C=O) groups is 1. The molecule has 1 amide bonds. The third-order valence-corrected chi connectivity index (χ3v) is 5.52. The van der Waals surface area contributed by atoms with E-state index in [1.165, 1.54) is 19.1 Å². The Morgan fingerprint density at radius 3 is 2.30 bits per heavy atom. The van der Waals surface area contributed by atoms with Crippen LogP contribution in [0.4, 0.5) is 10.1 Å². The Balaban J connectivity index is 1.96. The Labute approximate surface area is 164 Å². The Hall–Kier alpha value is -2.12. The van der Waals surface area contributed by atoms with Crippen LogP contribution in [0.15, 0.2) is 48.5 Å². The van der Waals surface area contributed by atoms with Crippen LogP contribution in [0.25, 0.3) is 0 Å². The molecule has 0 heterocycles. The summed E-state index contributed by atoms with van der Waals surface area (Å²) in [6.07, 6.45) is 2.39. The fraction of sp³-hybridized carbons (Fsp3) is 0.316. The fourth-order valence-corrected chi connectivity index (χ4v) is 4.00. The highest BCUT2D eigenvalue weighted by Crippen LogP contribution is 2.23. The molecule has 0 fully saturated rings. The minimum absolute atomic E-state index is 0.288. The van der Waals surface area contributed by atoms with Gasteiger partial charge in [0.05, 0.1) is 11.9 Å². The highest BCUT2D eigenvalue weighted by atomic mass is 35.5. The van der Waals surface area contributed by atoms with E-state index in [0.717, 1.165) is 16.1 Å². The predicted octanol–water partition coefficient (Wildman–Crippen LogP) is 3.38. The first-order valence-electron chi connectivity index (χ1n) is 8.45. The minimum atomic E-state index is -3.66. The van der Waals surface area contributed by atoms with Gasteiger partial charge in [-0.05, 0) is 61.7 Å². The lowest BCUT2D eigenvalue weighted by Gasteiger charge is -2.28. The van der Waals surface area contributed by atoms with E-state index in [0.29, 0.717) is 30.1 Å². The molecule has 0 aliphatic rings. The number of sulfonamides is 1. The maximum atomic E-state index is 12.9. The SMILES string of the molecule is C[C@@H](C(=O)NCCCc1ccc(F)cc1)N(c1ccc(Cl)cc1)S(C)(=O)=O. The summed E-state index contributed by atoms with van der Waals surface area (Å²) < 4.78 is 38.3. The maximum Gasteiger partial charge on any atom is 0.243 e. The molecule has 8 heteroatoms. The molecule has 1 N–H and O–H groups in total. The molecule has 0 aromatic heterocycles. The van der Waals surface area contributed by atoms with Crippen LogP contribution in [-0.2, 0) is 21.2 Å². The Morgan fingerprint density at radius 1 is 1.15 bits per heavy atom. The lowest BCUT2D eigenvalue weighted by molar-refractivity contribution is -0.121. The summed E-state index contributed by atoms with van der Waals surface area (Å²) in [5.41, 5.74) is 1.34. The Morgan fingerprint density at radius 2 is 1.74 bits per heavy atom. The lowest BCUT2D eigenvalue weighted by Crippen LogP contribution is -2.48. The van der Waals surface area contributed by atoms with E-state index in [4.69, 9.17) is 11.6 Å². The molecule has 0 aliphatic heterocycles. The second kappa shape index (κ2) is 9.19. The van der Waals surface area contributed by atoms with Crippen LogP contribution in [0, 0.1) is 5.82 Å². The summed E-state index contributed by atoms with van der Waals surface area (Å²) >= 11 is 5.85. The zero-order chi connectivity index (χ0) is 20.0. The number of anilines is 1. The molecule has 146 valence electrons. The number of nitrogens with zero attached hydrogens (tertiary/aromatic N) is 1. The molecule has 0 bridgehead atoms. The van der Waals surface area contributed by atoms with E-state index in [1.54, 1.807) is 36.4 Å². The monoisotopic (exact) mass is 412 g/mol. The van der Waals surface area contributed by atoms with Crippen LogP contribution in [0.1, 0.15) is 18.9 Å². The molecule has 0 spiro atoms. The number of carbonyl (C=O) groups excluding carboxylic acids is 1. The molecular weight excluding hydrogens is 391 g/mol. The van der Waals surface area contributed by atoms with Crippen molar-refractivity contribution < 1.29 is 17.6 Å². The van der Waals surface area contributed by atoms with Gasteiger partial charge >= 0.3 is 0 Å². The van der Waals surface area contributed by atoms with E-state index in [9.17, 15) is 17.6 Å². The van der Waals surface area contributed by atoms with E-state index < -0.39 is 22.0 Å². The summed E-state index contributed by atoms with van der Waals surface area (Å²) in [7, 11) is -3.66. The summed E-state index contributed by atoms with van der Waals surface area (Å²) in [5, 5.41) is 3.23. The maximum absolute atomic E-state index is 12.9. The van der Waals surface area contributed by atoms with Crippen LogP contribution in [0.3, 0.4) is 0 Å². The topological polar surface area (TPSA) is 66.5 Å². The zero-order valence-electron chi connectivity index (χ0n) is 15.2. The molecule has 0 aliphatic carbocycles. The quantitative estimate of drug-likeness (QED) is 0.676. The van der Waals surface area contributed by atoms with Crippen molar-refractivity contribution in [2.75, 3.05) is 17.1 Å². The molecular formula is C19H22ClFN2O3S. The van der Waals surface area contributed by atoms with Crippen molar-refractivity contribution >= 4 is 33.2 Å². The van der Waals surface area contributed by atoms with Gasteiger partial charge in [0.2, 0.25) is 15.9 Å². The van der Waals surface area contributed by atoms with Crippen molar-refractivity contribution in [2.24, 2.45) is 0 Å². The van der Waals surface area contributed by atoms with Crippen molar-refractivity contribution in [3.05, 3.63) is 64.9 Å². The van der Waals surface area contributed by atoms with Gasteiger partial charge in [-0.15, -0.1) is 0 Å². The number of aryl methyl sites for hydroxylation is 1. The second-order valence-corrected chi connectivity index (χ2v) is 8.53. The number of amides is 1. The van der Waals surface area contributed by atoms with Gasteiger partial charge in [0.25, 0.3) is 0 Å². The highest BCUT2D eigenvalue weighted by molar-refractivity contribution is 7.92. The molecule has 0 radical (unpaired) electrons. The molecule has 0 saturated carbocycles. The summed E-state index contributed by atoms with van der Waals surface area (Å²) in [6, 6.07) is 11.5. The number of nitrogens with one attached hydrogen (secondary N) is 1. The molecule has 0 saturated heterocycles. The van der Waals surface area contributed by atoms with E-state index in [1.807, 2.05) is 0 Å². The van der Waals surface area contributed by atoms with Crippen LogP contribution >= 0.6 is 11.6 Å². The summed E-state index contributed by atoms with van der Waals surface area (Å²) in [4.78, 5) is 12.4. The minimum Gasteiger partial charge on any atom is -0.354 e. The third-order valence-electron chi connectivity index (χ3n) is 4.02. The van der Waals surface area contributed by atoms with Gasteiger partial charge in [-0.2, -0.15) is 0 Å². The van der Waals surface area contributed by atoms with Crippen molar-refractivity contribution in [3.63, 3.8) is 0 Å². The largest absolute Gasteiger partial charge is 0.354 e. The van der Waals surface area contributed by atoms with Crippen LogP contribution in [0.5, 0.6) is 0 Å². The van der Waals surface area contributed by atoms with Crippen molar-refractivity contribution in [1.82, 2.24) is 5.32 Å². The predicted molar refractivity (Wildman–Crippen MR) is 106 cm³/mol. The fourth-order valence-electron chi connectivity index (χ4n) is 2.70. The number of halogens is 2. The average molecular weight is 413 g/mol. The zero-order valence-corrected chi connectivity index (χ0v) is 16.7. The molecule has 0 unspecified atom stereocenters. The van der Waals surface area contributed by atoms with Crippen molar-refractivity contribution in [2.45, 2.75) is 25.8 Å². The first-order valence-corrected chi connectivity index (χ1v) is 10.7. The van der Waals surface area contributed by atoms with Gasteiger partial charge in [0.15, 0.2) is 0 Å². The number of hydrogen-bond donors (Lipinski definition) is 1.